The van der Waals surface area contributed by atoms with E-state index in [1.54, 1.807) is 6.07 Å². The van der Waals surface area contributed by atoms with E-state index in [1.807, 2.05) is 6.07 Å². The van der Waals surface area contributed by atoms with Crippen LogP contribution in [0.15, 0.2) is 18.2 Å². The molecule has 0 heterocycles. The molecule has 0 bridgehead atoms. The lowest BCUT2D eigenvalue weighted by atomic mass is 9.83. The Morgan fingerprint density at radius 2 is 2.00 bits per heavy atom. The summed E-state index contributed by atoms with van der Waals surface area (Å²) in [6, 6.07) is 4.75. The molecule has 1 aromatic carbocycles. The van der Waals surface area contributed by atoms with Crippen molar-refractivity contribution in [2.75, 3.05) is 0 Å². The van der Waals surface area contributed by atoms with Gasteiger partial charge in [-0.15, -0.1) is 0 Å². The van der Waals surface area contributed by atoms with Gasteiger partial charge in [-0.25, -0.2) is 4.39 Å². The van der Waals surface area contributed by atoms with Gasteiger partial charge in [-0.05, 0) is 24.0 Å². The first kappa shape index (κ1) is 12.8. The first-order valence-electron chi connectivity index (χ1n) is 6.38. The van der Waals surface area contributed by atoms with Crippen LogP contribution in [0.4, 0.5) is 4.39 Å². The molecule has 0 radical (unpaired) electrons. The van der Waals surface area contributed by atoms with E-state index >= 15 is 0 Å². The third-order valence-corrected chi connectivity index (χ3v) is 4.09. The van der Waals surface area contributed by atoms with Crippen molar-refractivity contribution >= 4 is 11.6 Å². The molecule has 1 aliphatic rings. The van der Waals surface area contributed by atoms with Crippen molar-refractivity contribution < 1.29 is 4.39 Å². The fourth-order valence-corrected chi connectivity index (χ4v) is 2.98. The third-order valence-electron chi connectivity index (χ3n) is 3.69. The first-order chi connectivity index (χ1) is 8.18. The van der Waals surface area contributed by atoms with Crippen molar-refractivity contribution in [2.45, 2.75) is 44.6 Å². The number of hydrogen-bond donors (Lipinski definition) is 1. The van der Waals surface area contributed by atoms with Crippen molar-refractivity contribution in [1.82, 2.24) is 0 Å². The zero-order valence-corrected chi connectivity index (χ0v) is 10.7. The molecule has 0 saturated heterocycles. The van der Waals surface area contributed by atoms with Gasteiger partial charge in [0.2, 0.25) is 0 Å². The average Bonchev–Trinajstić information content (AvgIpc) is 2.34. The van der Waals surface area contributed by atoms with Gasteiger partial charge in [-0.2, -0.15) is 0 Å². The Morgan fingerprint density at radius 1 is 1.29 bits per heavy atom. The summed E-state index contributed by atoms with van der Waals surface area (Å²) in [4.78, 5) is 0. The molecule has 0 amide bonds. The van der Waals surface area contributed by atoms with Gasteiger partial charge in [0, 0.05) is 6.04 Å². The largest absolute Gasteiger partial charge is 0.324 e. The Kier molecular flexibility index (Phi) is 4.41. The monoisotopic (exact) mass is 255 g/mol. The number of nitrogens with two attached hydrogens (primary N) is 1. The highest BCUT2D eigenvalue weighted by Gasteiger charge is 2.20. The molecular formula is C14H19ClFN. The maximum absolute atomic E-state index is 13.3. The van der Waals surface area contributed by atoms with Crippen molar-refractivity contribution in [1.29, 1.82) is 0 Å². The maximum atomic E-state index is 13.3. The van der Waals surface area contributed by atoms with Crippen LogP contribution < -0.4 is 5.73 Å². The van der Waals surface area contributed by atoms with Crippen molar-refractivity contribution in [2.24, 2.45) is 11.7 Å². The SMILES string of the molecule is NC(CC1CCCCC1)c1cccc(F)c1Cl. The Labute approximate surface area is 107 Å². The smallest absolute Gasteiger partial charge is 0.142 e. The Bertz CT molecular complexity index is 374. The second-order valence-electron chi connectivity index (χ2n) is 4.99. The highest BCUT2D eigenvalue weighted by Crippen LogP contribution is 2.33. The summed E-state index contributed by atoms with van der Waals surface area (Å²) in [5.74, 6) is 0.307. The van der Waals surface area contributed by atoms with Crippen LogP contribution in [0.1, 0.15) is 50.1 Å². The van der Waals surface area contributed by atoms with Gasteiger partial charge in [0.05, 0.1) is 5.02 Å². The Hall–Kier alpha value is -0.600. The minimum absolute atomic E-state index is 0.138. The van der Waals surface area contributed by atoms with Crippen LogP contribution in [0.25, 0.3) is 0 Å². The normalized spacial score (nSPS) is 19.2. The number of hydrogen-bond acceptors (Lipinski definition) is 1. The van der Waals surface area contributed by atoms with Crippen LogP contribution in [-0.4, -0.2) is 0 Å². The molecule has 2 N–H and O–H groups in total. The summed E-state index contributed by atoms with van der Waals surface area (Å²) in [5.41, 5.74) is 6.89. The second-order valence-corrected chi connectivity index (χ2v) is 5.37. The number of rotatable bonds is 3. The Balaban J connectivity index is 2.03. The molecule has 1 aliphatic carbocycles. The van der Waals surface area contributed by atoms with Crippen LogP contribution in [0.3, 0.4) is 0 Å². The molecule has 2 rings (SSSR count). The van der Waals surface area contributed by atoms with E-state index in [0.29, 0.717) is 5.92 Å². The molecule has 1 saturated carbocycles. The second kappa shape index (κ2) is 5.83. The standard InChI is InChI=1S/C14H19ClFN/c15-14-11(7-4-8-12(14)16)13(17)9-10-5-2-1-3-6-10/h4,7-8,10,13H,1-3,5-6,9,17H2. The molecule has 3 heteroatoms. The van der Waals surface area contributed by atoms with Crippen LogP contribution in [0.2, 0.25) is 5.02 Å². The zero-order valence-electron chi connectivity index (χ0n) is 9.96. The molecule has 94 valence electrons. The van der Waals surface area contributed by atoms with Gasteiger partial charge in [0.15, 0.2) is 0 Å². The van der Waals surface area contributed by atoms with E-state index in [9.17, 15) is 4.39 Å². The number of halogens is 2. The van der Waals surface area contributed by atoms with Crippen LogP contribution in [-0.2, 0) is 0 Å². The number of benzene rings is 1. The molecule has 0 spiro atoms. The summed E-state index contributed by atoms with van der Waals surface area (Å²) >= 11 is 5.95. The molecule has 17 heavy (non-hydrogen) atoms. The minimum atomic E-state index is -0.372. The van der Waals surface area contributed by atoms with Crippen molar-refractivity contribution in [3.63, 3.8) is 0 Å². The topological polar surface area (TPSA) is 26.0 Å². The highest BCUT2D eigenvalue weighted by atomic mass is 35.5. The maximum Gasteiger partial charge on any atom is 0.142 e. The van der Waals surface area contributed by atoms with E-state index in [1.165, 1.54) is 38.2 Å². The molecule has 0 aliphatic heterocycles. The van der Waals surface area contributed by atoms with Crippen LogP contribution in [0.5, 0.6) is 0 Å². The minimum Gasteiger partial charge on any atom is -0.324 e. The van der Waals surface area contributed by atoms with Crippen LogP contribution in [0, 0.1) is 11.7 Å². The van der Waals surface area contributed by atoms with E-state index in [2.05, 4.69) is 0 Å². The quantitative estimate of drug-likeness (QED) is 0.849. The fraction of sp³-hybridized carbons (Fsp3) is 0.571. The summed E-state index contributed by atoms with van der Waals surface area (Å²) in [6.45, 7) is 0. The molecular weight excluding hydrogens is 237 g/mol. The van der Waals surface area contributed by atoms with E-state index < -0.39 is 0 Å². The molecule has 1 nitrogen and oxygen atoms in total. The van der Waals surface area contributed by atoms with Gasteiger partial charge >= 0.3 is 0 Å². The van der Waals surface area contributed by atoms with E-state index in [0.717, 1.165) is 12.0 Å². The van der Waals surface area contributed by atoms with Gasteiger partial charge in [-0.1, -0.05) is 55.8 Å². The van der Waals surface area contributed by atoms with Crippen LogP contribution >= 0.6 is 11.6 Å². The molecule has 1 unspecified atom stereocenters. The fourth-order valence-electron chi connectivity index (χ4n) is 2.72. The first-order valence-corrected chi connectivity index (χ1v) is 6.75. The van der Waals surface area contributed by atoms with Crippen molar-refractivity contribution in [3.8, 4) is 0 Å². The third kappa shape index (κ3) is 3.20. The predicted octanol–water partition coefficient (Wildman–Crippen LogP) is 4.45. The van der Waals surface area contributed by atoms with E-state index in [-0.39, 0.29) is 16.9 Å². The lowest BCUT2D eigenvalue weighted by Gasteiger charge is -2.25. The molecule has 1 atom stereocenters. The highest BCUT2D eigenvalue weighted by molar-refractivity contribution is 6.31. The molecule has 0 aromatic heterocycles. The lowest BCUT2D eigenvalue weighted by molar-refractivity contribution is 0.319. The van der Waals surface area contributed by atoms with Gasteiger partial charge in [-0.3, -0.25) is 0 Å². The summed E-state index contributed by atoms with van der Waals surface area (Å²) in [5, 5.41) is 0.191. The van der Waals surface area contributed by atoms with Gasteiger partial charge in [0.25, 0.3) is 0 Å². The predicted molar refractivity (Wildman–Crippen MR) is 69.5 cm³/mol. The lowest BCUT2D eigenvalue weighted by Crippen LogP contribution is -2.18. The van der Waals surface area contributed by atoms with Crippen molar-refractivity contribution in [3.05, 3.63) is 34.6 Å². The summed E-state index contributed by atoms with van der Waals surface area (Å²) in [6.07, 6.45) is 7.36. The zero-order chi connectivity index (χ0) is 12.3. The van der Waals surface area contributed by atoms with E-state index in [4.69, 9.17) is 17.3 Å². The molecule has 1 aromatic rings. The summed E-state index contributed by atoms with van der Waals surface area (Å²) < 4.78 is 13.3. The Morgan fingerprint density at radius 3 is 2.71 bits per heavy atom. The van der Waals surface area contributed by atoms with Gasteiger partial charge < -0.3 is 5.73 Å². The van der Waals surface area contributed by atoms with Gasteiger partial charge in [0.1, 0.15) is 5.82 Å². The molecule has 1 fully saturated rings. The average molecular weight is 256 g/mol. The summed E-state index contributed by atoms with van der Waals surface area (Å²) in [7, 11) is 0.